The summed E-state index contributed by atoms with van der Waals surface area (Å²) in [7, 11) is 0. The second kappa shape index (κ2) is 5.74. The Labute approximate surface area is 126 Å². The SMILES string of the molecule is O=C(Cn1nccc1[N+](=O)[O-])N1CCN(C(=O)C2CC2)CC1. The molecule has 0 spiro atoms. The molecular weight excluding hydrogens is 290 g/mol. The second-order valence-electron chi connectivity index (χ2n) is 5.58. The fourth-order valence-corrected chi connectivity index (χ4v) is 2.60. The van der Waals surface area contributed by atoms with E-state index in [1.165, 1.54) is 12.3 Å². The predicted octanol–water partition coefficient (Wildman–Crippen LogP) is -0.128. The van der Waals surface area contributed by atoms with E-state index in [0.29, 0.717) is 26.2 Å². The lowest BCUT2D eigenvalue weighted by Crippen LogP contribution is -2.51. The van der Waals surface area contributed by atoms with E-state index >= 15 is 0 Å². The van der Waals surface area contributed by atoms with Crippen molar-refractivity contribution >= 4 is 17.6 Å². The fraction of sp³-hybridized carbons (Fsp3) is 0.615. The van der Waals surface area contributed by atoms with Crippen molar-refractivity contribution in [1.29, 1.82) is 0 Å². The van der Waals surface area contributed by atoms with Crippen LogP contribution in [0.2, 0.25) is 0 Å². The van der Waals surface area contributed by atoms with Gasteiger partial charge in [-0.2, -0.15) is 0 Å². The quantitative estimate of drug-likeness (QED) is 0.569. The van der Waals surface area contributed by atoms with Crippen molar-refractivity contribution < 1.29 is 14.5 Å². The summed E-state index contributed by atoms with van der Waals surface area (Å²) < 4.78 is 1.09. The summed E-state index contributed by atoms with van der Waals surface area (Å²) in [6, 6.07) is 1.26. The van der Waals surface area contributed by atoms with Gasteiger partial charge in [0.1, 0.15) is 0 Å². The molecule has 1 aromatic rings. The molecule has 1 aromatic heterocycles. The maximum absolute atomic E-state index is 12.2. The molecular formula is C13H17N5O4. The Hall–Kier alpha value is -2.45. The molecule has 0 bridgehead atoms. The van der Waals surface area contributed by atoms with Crippen LogP contribution in [0, 0.1) is 16.0 Å². The lowest BCUT2D eigenvalue weighted by molar-refractivity contribution is -0.392. The molecule has 1 saturated carbocycles. The van der Waals surface area contributed by atoms with Gasteiger partial charge in [0.2, 0.25) is 5.91 Å². The number of nitro groups is 1. The van der Waals surface area contributed by atoms with E-state index in [1.54, 1.807) is 9.80 Å². The van der Waals surface area contributed by atoms with E-state index in [2.05, 4.69) is 5.10 Å². The van der Waals surface area contributed by atoms with Crippen LogP contribution >= 0.6 is 0 Å². The van der Waals surface area contributed by atoms with Gasteiger partial charge in [-0.3, -0.25) is 9.59 Å². The standard InChI is InChI=1S/C13H17N5O4/c19-12(9-17-11(18(21)22)3-4-14-17)15-5-7-16(8-6-15)13(20)10-1-2-10/h3-4,10H,1-2,5-9H2. The number of hydrogen-bond donors (Lipinski definition) is 0. The minimum Gasteiger partial charge on any atom is -0.358 e. The molecule has 2 heterocycles. The third kappa shape index (κ3) is 2.92. The number of piperazine rings is 1. The molecule has 0 atom stereocenters. The molecule has 22 heavy (non-hydrogen) atoms. The molecule has 1 saturated heterocycles. The van der Waals surface area contributed by atoms with Gasteiger partial charge in [0.15, 0.2) is 6.54 Å². The molecule has 0 unspecified atom stereocenters. The Balaban J connectivity index is 1.54. The Morgan fingerprint density at radius 2 is 1.86 bits per heavy atom. The highest BCUT2D eigenvalue weighted by Gasteiger charge is 2.35. The first kappa shape index (κ1) is 14.5. The van der Waals surface area contributed by atoms with Crippen molar-refractivity contribution in [3.63, 3.8) is 0 Å². The zero-order valence-electron chi connectivity index (χ0n) is 12.1. The number of nitrogens with zero attached hydrogens (tertiary/aromatic N) is 5. The Morgan fingerprint density at radius 1 is 1.23 bits per heavy atom. The maximum atomic E-state index is 12.2. The molecule has 2 fully saturated rings. The zero-order valence-corrected chi connectivity index (χ0v) is 12.1. The monoisotopic (exact) mass is 307 g/mol. The molecule has 1 aliphatic carbocycles. The summed E-state index contributed by atoms with van der Waals surface area (Å²) in [6.07, 6.45) is 3.25. The van der Waals surface area contributed by atoms with E-state index < -0.39 is 4.92 Å². The van der Waals surface area contributed by atoms with Crippen LogP contribution in [0.3, 0.4) is 0 Å². The summed E-state index contributed by atoms with van der Waals surface area (Å²) in [5.74, 6) is -0.0370. The molecule has 0 radical (unpaired) electrons. The van der Waals surface area contributed by atoms with Crippen LogP contribution < -0.4 is 0 Å². The first-order chi connectivity index (χ1) is 10.6. The van der Waals surface area contributed by atoms with Gasteiger partial charge in [0.25, 0.3) is 5.91 Å². The highest BCUT2D eigenvalue weighted by molar-refractivity contribution is 5.81. The van der Waals surface area contributed by atoms with Gasteiger partial charge < -0.3 is 19.9 Å². The van der Waals surface area contributed by atoms with Crippen LogP contribution in [0.15, 0.2) is 12.3 Å². The second-order valence-corrected chi connectivity index (χ2v) is 5.58. The number of carbonyl (C=O) groups excluding carboxylic acids is 2. The highest BCUT2D eigenvalue weighted by atomic mass is 16.6. The predicted molar refractivity (Wildman–Crippen MR) is 74.8 cm³/mol. The molecule has 118 valence electrons. The van der Waals surface area contributed by atoms with Crippen LogP contribution in [0.25, 0.3) is 0 Å². The van der Waals surface area contributed by atoms with Gasteiger partial charge in [0, 0.05) is 32.1 Å². The average Bonchev–Trinajstić information content (AvgIpc) is 3.26. The normalized spacial score (nSPS) is 18.4. The van der Waals surface area contributed by atoms with Crippen molar-refractivity contribution in [2.75, 3.05) is 26.2 Å². The number of rotatable bonds is 4. The number of carbonyl (C=O) groups is 2. The van der Waals surface area contributed by atoms with Crippen LogP contribution in [0.4, 0.5) is 5.82 Å². The van der Waals surface area contributed by atoms with Gasteiger partial charge in [-0.15, -0.1) is 4.68 Å². The third-order valence-electron chi connectivity index (χ3n) is 4.04. The topological polar surface area (TPSA) is 102 Å². The minimum atomic E-state index is -0.563. The van der Waals surface area contributed by atoms with E-state index in [1.807, 2.05) is 0 Å². The molecule has 2 aliphatic rings. The van der Waals surface area contributed by atoms with Gasteiger partial charge in [-0.05, 0) is 17.8 Å². The van der Waals surface area contributed by atoms with Gasteiger partial charge in [0.05, 0.1) is 12.3 Å². The van der Waals surface area contributed by atoms with Crippen molar-refractivity contribution in [2.24, 2.45) is 5.92 Å². The molecule has 0 aromatic carbocycles. The lowest BCUT2D eigenvalue weighted by Gasteiger charge is -2.34. The largest absolute Gasteiger partial charge is 0.358 e. The van der Waals surface area contributed by atoms with Crippen molar-refractivity contribution in [3.8, 4) is 0 Å². The van der Waals surface area contributed by atoms with Crippen LogP contribution in [-0.4, -0.2) is 62.5 Å². The molecule has 9 heteroatoms. The van der Waals surface area contributed by atoms with E-state index in [0.717, 1.165) is 17.5 Å². The van der Waals surface area contributed by atoms with Crippen LogP contribution in [-0.2, 0) is 16.1 Å². The zero-order chi connectivity index (χ0) is 15.7. The summed E-state index contributed by atoms with van der Waals surface area (Å²) in [4.78, 5) is 37.8. The fourth-order valence-electron chi connectivity index (χ4n) is 2.60. The number of hydrogen-bond acceptors (Lipinski definition) is 5. The molecule has 3 rings (SSSR count). The lowest BCUT2D eigenvalue weighted by atomic mass is 10.2. The summed E-state index contributed by atoms with van der Waals surface area (Å²) in [5.41, 5.74) is 0. The van der Waals surface area contributed by atoms with Gasteiger partial charge >= 0.3 is 5.82 Å². The van der Waals surface area contributed by atoms with Gasteiger partial charge in [-0.1, -0.05) is 5.10 Å². The molecule has 0 N–H and O–H groups in total. The minimum absolute atomic E-state index is 0.153. The van der Waals surface area contributed by atoms with Crippen molar-refractivity contribution in [3.05, 3.63) is 22.4 Å². The molecule has 1 aliphatic heterocycles. The van der Waals surface area contributed by atoms with Crippen molar-refractivity contribution in [2.45, 2.75) is 19.4 Å². The summed E-state index contributed by atoms with van der Waals surface area (Å²) in [6.45, 7) is 1.84. The van der Waals surface area contributed by atoms with E-state index in [-0.39, 0.29) is 30.1 Å². The Morgan fingerprint density at radius 3 is 2.45 bits per heavy atom. The Kier molecular flexibility index (Phi) is 3.78. The maximum Gasteiger partial charge on any atom is 0.345 e. The average molecular weight is 307 g/mol. The molecule has 2 amide bonds. The van der Waals surface area contributed by atoms with E-state index in [4.69, 9.17) is 0 Å². The van der Waals surface area contributed by atoms with Crippen molar-refractivity contribution in [1.82, 2.24) is 19.6 Å². The van der Waals surface area contributed by atoms with Gasteiger partial charge in [-0.25, -0.2) is 0 Å². The molecule has 9 nitrogen and oxygen atoms in total. The Bertz CT molecular complexity index is 601. The summed E-state index contributed by atoms with van der Waals surface area (Å²) >= 11 is 0. The highest BCUT2D eigenvalue weighted by Crippen LogP contribution is 2.31. The first-order valence-electron chi connectivity index (χ1n) is 7.29. The smallest absolute Gasteiger partial charge is 0.345 e. The summed E-state index contributed by atoms with van der Waals surface area (Å²) in [5, 5.41) is 14.6. The van der Waals surface area contributed by atoms with Crippen LogP contribution in [0.5, 0.6) is 0 Å². The third-order valence-corrected chi connectivity index (χ3v) is 4.04. The number of aromatic nitrogens is 2. The number of amides is 2. The van der Waals surface area contributed by atoms with E-state index in [9.17, 15) is 19.7 Å². The first-order valence-corrected chi connectivity index (χ1v) is 7.29. The van der Waals surface area contributed by atoms with Crippen LogP contribution in [0.1, 0.15) is 12.8 Å².